The first-order valence-corrected chi connectivity index (χ1v) is 4.52. The highest BCUT2D eigenvalue weighted by Crippen LogP contribution is 2.06. The number of hydrogen-bond donors (Lipinski definition) is 1. The average Bonchev–Trinajstić information content (AvgIpc) is 2.15. The quantitative estimate of drug-likeness (QED) is 0.543. The summed E-state index contributed by atoms with van der Waals surface area (Å²) in [5.41, 5.74) is 2.19. The summed E-state index contributed by atoms with van der Waals surface area (Å²) in [5.74, 6) is 0.589. The van der Waals surface area contributed by atoms with E-state index in [2.05, 4.69) is 0 Å². The molecule has 0 saturated heterocycles. The summed E-state index contributed by atoms with van der Waals surface area (Å²) < 4.78 is 0. The fourth-order valence-corrected chi connectivity index (χ4v) is 1.17. The zero-order chi connectivity index (χ0) is 9.84. The molecule has 13 heavy (non-hydrogen) atoms. The topological polar surface area (TPSA) is 27.1 Å². The number of benzene rings is 1. The summed E-state index contributed by atoms with van der Waals surface area (Å²) in [5, 5.41) is 7.86. The van der Waals surface area contributed by atoms with Gasteiger partial charge in [0.15, 0.2) is 0 Å². The van der Waals surface area contributed by atoms with Gasteiger partial charge >= 0.3 is 0 Å². The summed E-state index contributed by atoms with van der Waals surface area (Å²) in [6, 6.07) is 8.04. The maximum atomic E-state index is 7.86. The molecule has 0 fully saturated rings. The minimum Gasteiger partial charge on any atom is -0.360 e. The van der Waals surface area contributed by atoms with Crippen molar-refractivity contribution >= 4 is 5.84 Å². The Morgan fingerprint density at radius 2 is 2.15 bits per heavy atom. The minimum atomic E-state index is 0.589. The summed E-state index contributed by atoms with van der Waals surface area (Å²) in [6.07, 6.45) is 0. The molecule has 1 rings (SSSR count). The number of amidine groups is 1. The van der Waals surface area contributed by atoms with E-state index in [0.717, 1.165) is 12.1 Å². The van der Waals surface area contributed by atoms with Gasteiger partial charge in [-0.25, -0.2) is 0 Å². The summed E-state index contributed by atoms with van der Waals surface area (Å²) in [6.45, 7) is 4.96. The predicted octanol–water partition coefficient (Wildman–Crippen LogP) is 2.27. The smallest absolute Gasteiger partial charge is 0.127 e. The highest BCUT2D eigenvalue weighted by Gasteiger charge is 2.04. The Balaban J connectivity index is 2.89. The van der Waals surface area contributed by atoms with Crippen LogP contribution in [0.5, 0.6) is 0 Å². The largest absolute Gasteiger partial charge is 0.360 e. The number of nitrogens with one attached hydrogen (secondary N) is 1. The van der Waals surface area contributed by atoms with E-state index in [1.54, 1.807) is 0 Å². The van der Waals surface area contributed by atoms with E-state index in [-0.39, 0.29) is 0 Å². The van der Waals surface area contributed by atoms with Crippen LogP contribution in [-0.2, 0) is 0 Å². The third-order valence-electron chi connectivity index (χ3n) is 2.15. The lowest BCUT2D eigenvalue weighted by atomic mass is 10.1. The zero-order valence-electron chi connectivity index (χ0n) is 8.46. The van der Waals surface area contributed by atoms with Crippen molar-refractivity contribution in [3.05, 3.63) is 35.4 Å². The second kappa shape index (κ2) is 4.08. The van der Waals surface area contributed by atoms with Crippen LogP contribution >= 0.6 is 0 Å². The molecule has 0 amide bonds. The SMILES string of the molecule is CCN(C)C(=N)c1cccc(C)c1. The fourth-order valence-electron chi connectivity index (χ4n) is 1.17. The lowest BCUT2D eigenvalue weighted by Gasteiger charge is -2.17. The first kappa shape index (κ1) is 9.78. The van der Waals surface area contributed by atoms with Crippen LogP contribution in [0.1, 0.15) is 18.1 Å². The van der Waals surface area contributed by atoms with Crippen molar-refractivity contribution < 1.29 is 0 Å². The minimum absolute atomic E-state index is 0.589. The first-order chi connectivity index (χ1) is 6.15. The fraction of sp³-hybridized carbons (Fsp3) is 0.364. The molecule has 0 saturated carbocycles. The van der Waals surface area contributed by atoms with Gasteiger partial charge in [0.1, 0.15) is 5.84 Å². The van der Waals surface area contributed by atoms with Gasteiger partial charge in [-0.2, -0.15) is 0 Å². The van der Waals surface area contributed by atoms with Crippen LogP contribution in [0.3, 0.4) is 0 Å². The van der Waals surface area contributed by atoms with Crippen molar-refractivity contribution in [2.75, 3.05) is 13.6 Å². The van der Waals surface area contributed by atoms with Crippen LogP contribution in [0.2, 0.25) is 0 Å². The van der Waals surface area contributed by atoms with E-state index in [4.69, 9.17) is 5.41 Å². The molecule has 0 bridgehead atoms. The molecule has 2 nitrogen and oxygen atoms in total. The molecule has 1 aromatic carbocycles. The van der Waals surface area contributed by atoms with Gasteiger partial charge in [0.05, 0.1) is 0 Å². The lowest BCUT2D eigenvalue weighted by Crippen LogP contribution is -2.26. The molecule has 0 atom stereocenters. The zero-order valence-corrected chi connectivity index (χ0v) is 8.46. The van der Waals surface area contributed by atoms with Gasteiger partial charge < -0.3 is 4.90 Å². The molecule has 0 aliphatic carbocycles. The molecular weight excluding hydrogens is 160 g/mol. The van der Waals surface area contributed by atoms with Crippen molar-refractivity contribution in [2.45, 2.75) is 13.8 Å². The molecule has 0 radical (unpaired) electrons. The predicted molar refractivity (Wildman–Crippen MR) is 56.3 cm³/mol. The molecular formula is C11H16N2. The molecule has 0 aliphatic heterocycles. The van der Waals surface area contributed by atoms with E-state index in [1.807, 2.05) is 50.1 Å². The molecule has 0 heterocycles. The van der Waals surface area contributed by atoms with Crippen LogP contribution in [0.4, 0.5) is 0 Å². The third-order valence-corrected chi connectivity index (χ3v) is 2.15. The normalized spacial score (nSPS) is 9.77. The maximum Gasteiger partial charge on any atom is 0.127 e. The summed E-state index contributed by atoms with van der Waals surface area (Å²) in [7, 11) is 1.94. The van der Waals surface area contributed by atoms with E-state index < -0.39 is 0 Å². The Labute approximate surface area is 79.7 Å². The number of nitrogens with zero attached hydrogens (tertiary/aromatic N) is 1. The molecule has 0 aromatic heterocycles. The molecule has 1 aromatic rings. The second-order valence-corrected chi connectivity index (χ2v) is 3.23. The van der Waals surface area contributed by atoms with E-state index in [1.165, 1.54) is 5.56 Å². The molecule has 1 N–H and O–H groups in total. The standard InChI is InChI=1S/C11H16N2/c1-4-13(3)11(12)10-7-5-6-9(2)8-10/h5-8,12H,4H2,1-3H3. The van der Waals surface area contributed by atoms with Crippen LogP contribution in [0.15, 0.2) is 24.3 Å². The third kappa shape index (κ3) is 2.31. The number of hydrogen-bond acceptors (Lipinski definition) is 1. The second-order valence-electron chi connectivity index (χ2n) is 3.23. The highest BCUT2D eigenvalue weighted by atomic mass is 15.1. The van der Waals surface area contributed by atoms with E-state index >= 15 is 0 Å². The molecule has 0 unspecified atom stereocenters. The molecule has 0 spiro atoms. The first-order valence-electron chi connectivity index (χ1n) is 4.52. The van der Waals surface area contributed by atoms with Gasteiger partial charge in [0.25, 0.3) is 0 Å². The lowest BCUT2D eigenvalue weighted by molar-refractivity contribution is 0.533. The summed E-state index contributed by atoms with van der Waals surface area (Å²) in [4.78, 5) is 1.93. The Kier molecular flexibility index (Phi) is 3.07. The Hall–Kier alpha value is -1.31. The van der Waals surface area contributed by atoms with Crippen LogP contribution in [0, 0.1) is 12.3 Å². The Morgan fingerprint density at radius 1 is 1.46 bits per heavy atom. The van der Waals surface area contributed by atoms with Crippen molar-refractivity contribution in [3.8, 4) is 0 Å². The van der Waals surface area contributed by atoms with Crippen molar-refractivity contribution in [3.63, 3.8) is 0 Å². The van der Waals surface area contributed by atoms with Crippen molar-refractivity contribution in [1.82, 2.24) is 4.90 Å². The summed E-state index contributed by atoms with van der Waals surface area (Å²) >= 11 is 0. The Bertz CT molecular complexity index is 305. The molecule has 2 heteroatoms. The van der Waals surface area contributed by atoms with E-state index in [9.17, 15) is 0 Å². The van der Waals surface area contributed by atoms with Gasteiger partial charge in [0.2, 0.25) is 0 Å². The average molecular weight is 176 g/mol. The van der Waals surface area contributed by atoms with Crippen LogP contribution in [0.25, 0.3) is 0 Å². The maximum absolute atomic E-state index is 7.86. The molecule has 70 valence electrons. The highest BCUT2D eigenvalue weighted by molar-refractivity contribution is 5.96. The van der Waals surface area contributed by atoms with Crippen LogP contribution in [-0.4, -0.2) is 24.3 Å². The molecule has 0 aliphatic rings. The van der Waals surface area contributed by atoms with Gasteiger partial charge in [-0.05, 0) is 19.9 Å². The van der Waals surface area contributed by atoms with Crippen molar-refractivity contribution in [2.24, 2.45) is 0 Å². The van der Waals surface area contributed by atoms with Crippen LogP contribution < -0.4 is 0 Å². The van der Waals surface area contributed by atoms with Crippen molar-refractivity contribution in [1.29, 1.82) is 5.41 Å². The van der Waals surface area contributed by atoms with Gasteiger partial charge in [0, 0.05) is 19.2 Å². The number of aryl methyl sites for hydroxylation is 1. The van der Waals surface area contributed by atoms with Gasteiger partial charge in [-0.3, -0.25) is 5.41 Å². The van der Waals surface area contributed by atoms with Gasteiger partial charge in [-0.15, -0.1) is 0 Å². The monoisotopic (exact) mass is 176 g/mol. The van der Waals surface area contributed by atoms with Gasteiger partial charge in [-0.1, -0.05) is 23.8 Å². The van der Waals surface area contributed by atoms with E-state index in [0.29, 0.717) is 5.84 Å². The number of rotatable bonds is 2. The Morgan fingerprint density at radius 3 is 2.69 bits per heavy atom.